The Labute approximate surface area is 143 Å². The van der Waals surface area contributed by atoms with Gasteiger partial charge in [0.1, 0.15) is 0 Å². The summed E-state index contributed by atoms with van der Waals surface area (Å²) in [5.41, 5.74) is 2.04. The third kappa shape index (κ3) is 5.15. The topological polar surface area (TPSA) is 61.9 Å². The van der Waals surface area contributed by atoms with Crippen molar-refractivity contribution in [1.82, 2.24) is 5.32 Å². The molecule has 1 saturated heterocycles. The van der Waals surface area contributed by atoms with Gasteiger partial charge in [0.25, 0.3) is 0 Å². The number of carbonyl (C=O) groups excluding carboxylic acids is 2. The molecule has 0 aromatic heterocycles. The highest BCUT2D eigenvalue weighted by Gasteiger charge is 2.14. The van der Waals surface area contributed by atoms with E-state index < -0.39 is 6.09 Å². The van der Waals surface area contributed by atoms with Crippen LogP contribution < -0.4 is 15.1 Å². The van der Waals surface area contributed by atoms with E-state index >= 15 is 0 Å². The fourth-order valence-corrected chi connectivity index (χ4v) is 2.92. The molecule has 2 rings (SSSR count). The van der Waals surface area contributed by atoms with E-state index in [2.05, 4.69) is 22.3 Å². The number of nitrogens with one attached hydrogen (secondary N) is 1. The first-order valence-electron chi connectivity index (χ1n) is 8.65. The van der Waals surface area contributed by atoms with Gasteiger partial charge < -0.3 is 19.9 Å². The minimum atomic E-state index is -0.457. The summed E-state index contributed by atoms with van der Waals surface area (Å²) in [4.78, 5) is 27.3. The smallest absolute Gasteiger partial charge is 0.407 e. The maximum Gasteiger partial charge on any atom is 0.407 e. The molecule has 1 aromatic carbocycles. The Bertz CT molecular complexity index is 539. The number of hydrogen-bond acceptors (Lipinski definition) is 4. The molecule has 1 N–H and O–H groups in total. The number of ether oxygens (including phenoxy) is 1. The summed E-state index contributed by atoms with van der Waals surface area (Å²) in [5, 5.41) is 2.64. The zero-order valence-corrected chi connectivity index (χ0v) is 14.6. The molecule has 24 heavy (non-hydrogen) atoms. The van der Waals surface area contributed by atoms with Crippen molar-refractivity contribution in [3.8, 4) is 0 Å². The predicted molar refractivity (Wildman–Crippen MR) is 95.6 cm³/mol. The highest BCUT2D eigenvalue weighted by Crippen LogP contribution is 2.23. The Morgan fingerprint density at radius 2 is 1.83 bits per heavy atom. The van der Waals surface area contributed by atoms with Crippen LogP contribution in [0.2, 0.25) is 0 Å². The Morgan fingerprint density at radius 3 is 2.42 bits per heavy atom. The van der Waals surface area contributed by atoms with Crippen LogP contribution in [-0.4, -0.2) is 44.8 Å². The number of benzene rings is 1. The normalized spacial score (nSPS) is 14.2. The Balaban J connectivity index is 1.94. The van der Waals surface area contributed by atoms with Crippen molar-refractivity contribution >= 4 is 23.4 Å². The third-order valence-corrected chi connectivity index (χ3v) is 4.14. The van der Waals surface area contributed by atoms with Crippen molar-refractivity contribution in [2.45, 2.75) is 33.1 Å². The second-order valence-electron chi connectivity index (χ2n) is 5.88. The molecule has 0 aliphatic carbocycles. The van der Waals surface area contributed by atoms with Crippen LogP contribution in [0.5, 0.6) is 0 Å². The van der Waals surface area contributed by atoms with Gasteiger partial charge in [0, 0.05) is 44.5 Å². The van der Waals surface area contributed by atoms with Crippen molar-refractivity contribution in [1.29, 1.82) is 0 Å². The number of hydrogen-bond donors (Lipinski definition) is 1. The first kappa shape index (κ1) is 18.1. The molecular formula is C18H27N3O3. The zero-order chi connectivity index (χ0) is 17.4. The highest BCUT2D eigenvalue weighted by atomic mass is 16.5. The van der Waals surface area contributed by atoms with Gasteiger partial charge in [-0.3, -0.25) is 4.79 Å². The van der Waals surface area contributed by atoms with E-state index in [0.717, 1.165) is 18.8 Å². The lowest BCUT2D eigenvalue weighted by Crippen LogP contribution is -2.37. The van der Waals surface area contributed by atoms with Crippen LogP contribution in [0.15, 0.2) is 24.3 Å². The van der Waals surface area contributed by atoms with Crippen LogP contribution in [-0.2, 0) is 9.53 Å². The number of rotatable bonds is 6. The Hall–Kier alpha value is -2.24. The molecule has 1 fully saturated rings. The van der Waals surface area contributed by atoms with Crippen LogP contribution in [0.4, 0.5) is 16.2 Å². The summed E-state index contributed by atoms with van der Waals surface area (Å²) in [6.45, 7) is 6.58. The monoisotopic (exact) mass is 333 g/mol. The van der Waals surface area contributed by atoms with Crippen molar-refractivity contribution in [3.63, 3.8) is 0 Å². The quantitative estimate of drug-likeness (QED) is 0.869. The van der Waals surface area contributed by atoms with Gasteiger partial charge in [-0.2, -0.15) is 0 Å². The molecule has 132 valence electrons. The summed E-state index contributed by atoms with van der Waals surface area (Å²) >= 11 is 0. The van der Waals surface area contributed by atoms with Crippen LogP contribution in [0, 0.1) is 0 Å². The molecule has 0 saturated carbocycles. The molecule has 1 aliphatic heterocycles. The number of anilines is 2. The van der Waals surface area contributed by atoms with E-state index in [0.29, 0.717) is 19.7 Å². The molecule has 6 heteroatoms. The third-order valence-electron chi connectivity index (χ3n) is 4.14. The maximum atomic E-state index is 11.9. The van der Waals surface area contributed by atoms with Crippen molar-refractivity contribution < 1.29 is 14.3 Å². The van der Waals surface area contributed by atoms with Gasteiger partial charge in [0.05, 0.1) is 6.61 Å². The van der Waals surface area contributed by atoms with E-state index in [1.807, 2.05) is 12.1 Å². The molecule has 0 bridgehead atoms. The van der Waals surface area contributed by atoms with Gasteiger partial charge in [-0.15, -0.1) is 0 Å². The fourth-order valence-electron chi connectivity index (χ4n) is 2.92. The number of piperidine rings is 1. The van der Waals surface area contributed by atoms with Crippen LogP contribution in [0.25, 0.3) is 0 Å². The average molecular weight is 333 g/mol. The standard InChI is InChI=1S/C18H27N3O3/c1-3-24-18(23)19-11-14-21(15(2)22)17-9-7-16(8-10-17)20-12-5-4-6-13-20/h7-10H,3-6,11-14H2,1-2H3,(H,19,23). The molecular weight excluding hydrogens is 306 g/mol. The molecule has 0 spiro atoms. The Morgan fingerprint density at radius 1 is 1.17 bits per heavy atom. The SMILES string of the molecule is CCOC(=O)NCCN(C(C)=O)c1ccc(N2CCCCC2)cc1. The molecule has 2 amide bonds. The summed E-state index contributed by atoms with van der Waals surface area (Å²) in [6.07, 6.45) is 3.32. The largest absolute Gasteiger partial charge is 0.450 e. The summed E-state index contributed by atoms with van der Waals surface area (Å²) in [6, 6.07) is 8.07. The lowest BCUT2D eigenvalue weighted by atomic mass is 10.1. The lowest BCUT2D eigenvalue weighted by molar-refractivity contribution is -0.116. The highest BCUT2D eigenvalue weighted by molar-refractivity contribution is 5.91. The van der Waals surface area contributed by atoms with E-state index in [9.17, 15) is 9.59 Å². The lowest BCUT2D eigenvalue weighted by Gasteiger charge is -2.29. The van der Waals surface area contributed by atoms with Gasteiger partial charge >= 0.3 is 6.09 Å². The van der Waals surface area contributed by atoms with Gasteiger partial charge in [0.2, 0.25) is 5.91 Å². The van der Waals surface area contributed by atoms with Crippen molar-refractivity contribution in [2.75, 3.05) is 42.6 Å². The molecule has 1 heterocycles. The van der Waals surface area contributed by atoms with Crippen LogP contribution >= 0.6 is 0 Å². The van der Waals surface area contributed by atoms with Gasteiger partial charge in [-0.1, -0.05) is 0 Å². The van der Waals surface area contributed by atoms with E-state index in [-0.39, 0.29) is 5.91 Å². The van der Waals surface area contributed by atoms with Crippen molar-refractivity contribution in [2.24, 2.45) is 0 Å². The average Bonchev–Trinajstić information content (AvgIpc) is 2.60. The van der Waals surface area contributed by atoms with Crippen LogP contribution in [0.3, 0.4) is 0 Å². The molecule has 0 atom stereocenters. The van der Waals surface area contributed by atoms with Crippen LogP contribution in [0.1, 0.15) is 33.1 Å². The van der Waals surface area contributed by atoms with Gasteiger partial charge in [-0.05, 0) is 50.5 Å². The number of amides is 2. The summed E-state index contributed by atoms with van der Waals surface area (Å²) in [7, 11) is 0. The van der Waals surface area contributed by atoms with E-state index in [1.54, 1.807) is 11.8 Å². The molecule has 0 radical (unpaired) electrons. The molecule has 6 nitrogen and oxygen atoms in total. The minimum absolute atomic E-state index is 0.0496. The molecule has 0 unspecified atom stereocenters. The van der Waals surface area contributed by atoms with Gasteiger partial charge in [-0.25, -0.2) is 4.79 Å². The van der Waals surface area contributed by atoms with E-state index in [1.165, 1.54) is 31.9 Å². The summed E-state index contributed by atoms with van der Waals surface area (Å²) in [5.74, 6) is -0.0496. The number of carbonyl (C=O) groups is 2. The molecule has 1 aromatic rings. The number of alkyl carbamates (subject to hydrolysis) is 1. The van der Waals surface area contributed by atoms with Gasteiger partial charge in [0.15, 0.2) is 0 Å². The van der Waals surface area contributed by atoms with Crippen molar-refractivity contribution in [3.05, 3.63) is 24.3 Å². The summed E-state index contributed by atoms with van der Waals surface area (Å²) < 4.78 is 4.81. The molecule has 1 aliphatic rings. The predicted octanol–water partition coefficient (Wildman–Crippen LogP) is 2.78. The Kier molecular flexibility index (Phi) is 6.90. The maximum absolute atomic E-state index is 11.9. The second kappa shape index (κ2) is 9.15. The van der Waals surface area contributed by atoms with E-state index in [4.69, 9.17) is 4.74 Å². The second-order valence-corrected chi connectivity index (χ2v) is 5.88. The first-order valence-corrected chi connectivity index (χ1v) is 8.65. The fraction of sp³-hybridized carbons (Fsp3) is 0.556. The number of nitrogens with zero attached hydrogens (tertiary/aromatic N) is 2. The zero-order valence-electron chi connectivity index (χ0n) is 14.6. The first-order chi connectivity index (χ1) is 11.6. The minimum Gasteiger partial charge on any atom is -0.450 e.